The summed E-state index contributed by atoms with van der Waals surface area (Å²) >= 11 is 0. The van der Waals surface area contributed by atoms with Gasteiger partial charge in [-0.15, -0.1) is 0 Å². The molecule has 0 bridgehead atoms. The first-order chi connectivity index (χ1) is 10.2. The van der Waals surface area contributed by atoms with Crippen molar-refractivity contribution < 1.29 is 0 Å². The first kappa shape index (κ1) is 15.8. The predicted octanol–water partition coefficient (Wildman–Crippen LogP) is 3.26. The summed E-state index contributed by atoms with van der Waals surface area (Å²) in [7, 11) is 0. The van der Waals surface area contributed by atoms with E-state index in [4.69, 9.17) is 5.10 Å². The van der Waals surface area contributed by atoms with Gasteiger partial charge in [-0.25, -0.2) is 0 Å². The molecule has 0 unspecified atom stereocenters. The van der Waals surface area contributed by atoms with Gasteiger partial charge in [-0.3, -0.25) is 4.68 Å². The number of hydrogen-bond donors (Lipinski definition) is 1. The van der Waals surface area contributed by atoms with E-state index in [2.05, 4.69) is 62.0 Å². The molecule has 0 saturated carbocycles. The smallest absolute Gasteiger partial charge is 0.0662 e. The van der Waals surface area contributed by atoms with Crippen LogP contribution in [0.2, 0.25) is 0 Å². The zero-order chi connectivity index (χ0) is 15.2. The summed E-state index contributed by atoms with van der Waals surface area (Å²) in [6.07, 6.45) is 2.15. The summed E-state index contributed by atoms with van der Waals surface area (Å²) in [4.78, 5) is 0. The standard InChI is InChI=1S/C18H27N3/c1-5-16-7-9-17(10-8-16)13-21-15(4)18(14(3)20-21)11-12-19-6-2/h7-10,19H,5-6,11-13H2,1-4H3. The van der Waals surface area contributed by atoms with Crippen LogP contribution in [-0.2, 0) is 19.4 Å². The summed E-state index contributed by atoms with van der Waals surface area (Å²) in [6.45, 7) is 11.5. The highest BCUT2D eigenvalue weighted by atomic mass is 15.3. The summed E-state index contributed by atoms with van der Waals surface area (Å²) in [5, 5.41) is 8.10. The maximum atomic E-state index is 4.72. The number of rotatable bonds is 7. The largest absolute Gasteiger partial charge is 0.317 e. The molecule has 0 saturated heterocycles. The van der Waals surface area contributed by atoms with Gasteiger partial charge in [-0.05, 0) is 56.5 Å². The van der Waals surface area contributed by atoms with Crippen LogP contribution in [-0.4, -0.2) is 22.9 Å². The predicted molar refractivity (Wildman–Crippen MR) is 88.9 cm³/mol. The minimum absolute atomic E-state index is 0.859. The second-order valence-corrected chi connectivity index (χ2v) is 5.58. The van der Waals surface area contributed by atoms with Gasteiger partial charge < -0.3 is 5.32 Å². The van der Waals surface area contributed by atoms with Gasteiger partial charge in [0.1, 0.15) is 0 Å². The molecule has 1 N–H and O–H groups in total. The maximum Gasteiger partial charge on any atom is 0.0662 e. The molecule has 0 atom stereocenters. The molecule has 21 heavy (non-hydrogen) atoms. The highest BCUT2D eigenvalue weighted by molar-refractivity contribution is 5.27. The molecule has 0 amide bonds. The third-order valence-electron chi connectivity index (χ3n) is 4.10. The molecule has 1 aromatic carbocycles. The van der Waals surface area contributed by atoms with Crippen molar-refractivity contribution in [1.29, 1.82) is 0 Å². The molecular formula is C18H27N3. The Bertz CT molecular complexity index is 567. The lowest BCUT2D eigenvalue weighted by Crippen LogP contribution is -2.16. The zero-order valence-corrected chi connectivity index (χ0v) is 13.7. The second-order valence-electron chi connectivity index (χ2n) is 5.58. The van der Waals surface area contributed by atoms with Gasteiger partial charge in [0, 0.05) is 5.69 Å². The molecule has 2 rings (SSSR count). The lowest BCUT2D eigenvalue weighted by atomic mass is 10.1. The molecule has 0 spiro atoms. The molecule has 0 aliphatic carbocycles. The fourth-order valence-electron chi connectivity index (χ4n) is 2.69. The van der Waals surface area contributed by atoms with Gasteiger partial charge in [-0.2, -0.15) is 5.10 Å². The molecule has 0 radical (unpaired) electrons. The fourth-order valence-corrected chi connectivity index (χ4v) is 2.69. The average Bonchev–Trinajstić information content (AvgIpc) is 2.75. The van der Waals surface area contributed by atoms with Gasteiger partial charge in [0.15, 0.2) is 0 Å². The Balaban J connectivity index is 2.10. The highest BCUT2D eigenvalue weighted by Gasteiger charge is 2.11. The summed E-state index contributed by atoms with van der Waals surface area (Å²) < 4.78 is 2.14. The first-order valence-corrected chi connectivity index (χ1v) is 7.97. The Morgan fingerprint density at radius 1 is 1.05 bits per heavy atom. The Labute approximate surface area is 128 Å². The summed E-state index contributed by atoms with van der Waals surface area (Å²) in [5.74, 6) is 0. The minimum atomic E-state index is 0.859. The van der Waals surface area contributed by atoms with Gasteiger partial charge in [0.2, 0.25) is 0 Å². The van der Waals surface area contributed by atoms with Gasteiger partial charge >= 0.3 is 0 Å². The Morgan fingerprint density at radius 3 is 2.33 bits per heavy atom. The van der Waals surface area contributed by atoms with E-state index in [1.165, 1.54) is 22.4 Å². The second kappa shape index (κ2) is 7.41. The van der Waals surface area contributed by atoms with E-state index in [1.807, 2.05) is 0 Å². The fraction of sp³-hybridized carbons (Fsp3) is 0.500. The number of aryl methyl sites for hydroxylation is 2. The number of benzene rings is 1. The minimum Gasteiger partial charge on any atom is -0.317 e. The van der Waals surface area contributed by atoms with Crippen molar-refractivity contribution in [2.45, 2.75) is 47.1 Å². The van der Waals surface area contributed by atoms with E-state index in [0.717, 1.165) is 38.2 Å². The van der Waals surface area contributed by atoms with Crippen LogP contribution in [0.25, 0.3) is 0 Å². The van der Waals surface area contributed by atoms with E-state index in [0.29, 0.717) is 0 Å². The number of hydrogen-bond acceptors (Lipinski definition) is 2. The molecule has 1 heterocycles. The lowest BCUT2D eigenvalue weighted by molar-refractivity contribution is 0.656. The van der Waals surface area contributed by atoms with Crippen molar-refractivity contribution in [1.82, 2.24) is 15.1 Å². The zero-order valence-electron chi connectivity index (χ0n) is 13.7. The van der Waals surface area contributed by atoms with E-state index in [1.54, 1.807) is 0 Å². The van der Waals surface area contributed by atoms with Crippen molar-refractivity contribution >= 4 is 0 Å². The van der Waals surface area contributed by atoms with Crippen LogP contribution in [0.4, 0.5) is 0 Å². The van der Waals surface area contributed by atoms with Crippen molar-refractivity contribution in [3.8, 4) is 0 Å². The SMILES string of the molecule is CCNCCc1c(C)nn(Cc2ccc(CC)cc2)c1C. The van der Waals surface area contributed by atoms with E-state index in [-0.39, 0.29) is 0 Å². The van der Waals surface area contributed by atoms with Crippen LogP contribution in [0.5, 0.6) is 0 Å². The van der Waals surface area contributed by atoms with E-state index in [9.17, 15) is 0 Å². The quantitative estimate of drug-likeness (QED) is 0.791. The molecule has 0 aliphatic heterocycles. The molecule has 3 heteroatoms. The third-order valence-corrected chi connectivity index (χ3v) is 4.10. The van der Waals surface area contributed by atoms with Crippen LogP contribution in [0.15, 0.2) is 24.3 Å². The number of likely N-dealkylation sites (N-methyl/N-ethyl adjacent to an activating group) is 1. The molecule has 0 fully saturated rings. The highest BCUT2D eigenvalue weighted by Crippen LogP contribution is 2.15. The maximum absolute atomic E-state index is 4.72. The van der Waals surface area contributed by atoms with Crippen molar-refractivity contribution in [3.63, 3.8) is 0 Å². The van der Waals surface area contributed by atoms with Crippen molar-refractivity contribution in [3.05, 3.63) is 52.3 Å². The Kier molecular flexibility index (Phi) is 5.57. The van der Waals surface area contributed by atoms with Crippen molar-refractivity contribution in [2.24, 2.45) is 0 Å². The van der Waals surface area contributed by atoms with Crippen molar-refractivity contribution in [2.75, 3.05) is 13.1 Å². The number of nitrogens with zero attached hydrogens (tertiary/aromatic N) is 2. The van der Waals surface area contributed by atoms with Gasteiger partial charge in [0.05, 0.1) is 12.2 Å². The Hall–Kier alpha value is -1.61. The monoisotopic (exact) mass is 285 g/mol. The van der Waals surface area contributed by atoms with Gasteiger partial charge in [-0.1, -0.05) is 38.1 Å². The first-order valence-electron chi connectivity index (χ1n) is 7.97. The van der Waals surface area contributed by atoms with Gasteiger partial charge in [0.25, 0.3) is 0 Å². The van der Waals surface area contributed by atoms with Crippen LogP contribution < -0.4 is 5.32 Å². The third kappa shape index (κ3) is 3.94. The topological polar surface area (TPSA) is 29.9 Å². The number of nitrogens with one attached hydrogen (secondary N) is 1. The lowest BCUT2D eigenvalue weighted by Gasteiger charge is -2.07. The summed E-state index contributed by atoms with van der Waals surface area (Å²) in [6, 6.07) is 8.86. The average molecular weight is 285 g/mol. The molecule has 1 aromatic heterocycles. The molecule has 2 aromatic rings. The number of aromatic nitrogens is 2. The Morgan fingerprint density at radius 2 is 1.71 bits per heavy atom. The van der Waals surface area contributed by atoms with Crippen LogP contribution >= 0.6 is 0 Å². The van der Waals surface area contributed by atoms with Crippen LogP contribution in [0, 0.1) is 13.8 Å². The normalized spacial score (nSPS) is 11.0. The molecule has 0 aliphatic rings. The molecular weight excluding hydrogens is 258 g/mol. The molecule has 3 nitrogen and oxygen atoms in total. The van der Waals surface area contributed by atoms with E-state index >= 15 is 0 Å². The molecule has 114 valence electrons. The summed E-state index contributed by atoms with van der Waals surface area (Å²) in [5.41, 5.74) is 6.55. The van der Waals surface area contributed by atoms with Crippen LogP contribution in [0.1, 0.15) is 41.9 Å². The van der Waals surface area contributed by atoms with Crippen LogP contribution in [0.3, 0.4) is 0 Å². The van der Waals surface area contributed by atoms with E-state index < -0.39 is 0 Å².